The first kappa shape index (κ1) is 8.13. The lowest BCUT2D eigenvalue weighted by atomic mass is 10.5. The van der Waals surface area contributed by atoms with Gasteiger partial charge in [-0.1, -0.05) is 6.08 Å². The summed E-state index contributed by atoms with van der Waals surface area (Å²) < 4.78 is 0. The minimum absolute atomic E-state index is 0.114. The van der Waals surface area contributed by atoms with E-state index in [4.69, 9.17) is 5.21 Å². The van der Waals surface area contributed by atoms with Crippen molar-refractivity contribution in [2.75, 3.05) is 13.1 Å². The molecule has 3 N–H and O–H groups in total. The van der Waals surface area contributed by atoms with Crippen LogP contribution in [0.3, 0.4) is 0 Å². The van der Waals surface area contributed by atoms with Gasteiger partial charge in [0.25, 0.3) is 5.91 Å². The average Bonchev–Trinajstić information content (AvgIpc) is 1.89. The smallest absolute Gasteiger partial charge is 0.257 e. The highest BCUT2D eigenvalue weighted by Crippen LogP contribution is 1.61. The topological polar surface area (TPSA) is 61.4 Å². The summed E-state index contributed by atoms with van der Waals surface area (Å²) in [5.41, 5.74) is 1.49. The summed E-state index contributed by atoms with van der Waals surface area (Å²) in [4.78, 5) is 10.2. The lowest BCUT2D eigenvalue weighted by Crippen LogP contribution is -2.31. The summed E-state index contributed by atoms with van der Waals surface area (Å²) in [6.45, 7) is 4.10. The number of carbonyl (C=O) groups excluding carboxylic acids is 1. The van der Waals surface area contributed by atoms with Gasteiger partial charge in [-0.3, -0.25) is 10.0 Å². The Labute approximate surface area is 53.5 Å². The van der Waals surface area contributed by atoms with E-state index < -0.39 is 5.91 Å². The van der Waals surface area contributed by atoms with Gasteiger partial charge in [0.15, 0.2) is 0 Å². The molecule has 0 aliphatic rings. The summed E-state index contributed by atoms with van der Waals surface area (Å²) in [6.07, 6.45) is 1.63. The Hall–Kier alpha value is -0.870. The molecule has 0 saturated heterocycles. The molecule has 4 nitrogen and oxygen atoms in total. The number of hydroxylamine groups is 1. The van der Waals surface area contributed by atoms with Crippen molar-refractivity contribution >= 4 is 5.91 Å². The van der Waals surface area contributed by atoms with E-state index in [1.807, 2.05) is 0 Å². The highest BCUT2D eigenvalue weighted by molar-refractivity contribution is 5.76. The molecule has 0 saturated carbocycles. The molecule has 0 aromatic carbocycles. The molecular weight excluding hydrogens is 120 g/mol. The lowest BCUT2D eigenvalue weighted by Gasteiger charge is -1.96. The van der Waals surface area contributed by atoms with Gasteiger partial charge in [-0.25, -0.2) is 5.48 Å². The van der Waals surface area contributed by atoms with Crippen LogP contribution in [0.2, 0.25) is 0 Å². The summed E-state index contributed by atoms with van der Waals surface area (Å²) >= 11 is 0. The van der Waals surface area contributed by atoms with Gasteiger partial charge >= 0.3 is 0 Å². The van der Waals surface area contributed by atoms with Crippen molar-refractivity contribution in [3.8, 4) is 0 Å². The highest BCUT2D eigenvalue weighted by Gasteiger charge is 1.93. The van der Waals surface area contributed by atoms with Crippen molar-refractivity contribution in [3.63, 3.8) is 0 Å². The third-order valence-electron chi connectivity index (χ3n) is 0.699. The first-order valence-electron chi connectivity index (χ1n) is 2.55. The number of amides is 1. The third kappa shape index (κ3) is 4.99. The molecule has 0 bridgehead atoms. The zero-order valence-corrected chi connectivity index (χ0v) is 5.05. The molecule has 0 aromatic heterocycles. The quantitative estimate of drug-likeness (QED) is 0.203. The summed E-state index contributed by atoms with van der Waals surface area (Å²) in [5.74, 6) is -0.447. The Morgan fingerprint density at radius 2 is 2.44 bits per heavy atom. The minimum atomic E-state index is -0.447. The van der Waals surface area contributed by atoms with Crippen molar-refractivity contribution in [3.05, 3.63) is 12.7 Å². The molecule has 0 rings (SSSR count). The molecule has 0 fully saturated rings. The van der Waals surface area contributed by atoms with Gasteiger partial charge in [0.2, 0.25) is 0 Å². The highest BCUT2D eigenvalue weighted by atomic mass is 16.5. The maximum absolute atomic E-state index is 10.2. The van der Waals surface area contributed by atoms with E-state index in [-0.39, 0.29) is 6.54 Å². The second-order valence-corrected chi connectivity index (χ2v) is 1.45. The number of nitrogens with one attached hydrogen (secondary N) is 2. The van der Waals surface area contributed by atoms with E-state index in [1.165, 1.54) is 5.48 Å². The number of carbonyl (C=O) groups is 1. The van der Waals surface area contributed by atoms with E-state index in [1.54, 1.807) is 6.08 Å². The molecule has 0 unspecified atom stereocenters. The van der Waals surface area contributed by atoms with Crippen LogP contribution in [-0.2, 0) is 4.79 Å². The fourth-order valence-corrected chi connectivity index (χ4v) is 0.327. The molecule has 0 heterocycles. The third-order valence-corrected chi connectivity index (χ3v) is 0.699. The molecule has 0 spiro atoms. The minimum Gasteiger partial charge on any atom is -0.305 e. The zero-order chi connectivity index (χ0) is 7.11. The first-order chi connectivity index (χ1) is 4.31. The van der Waals surface area contributed by atoms with E-state index in [2.05, 4.69) is 11.9 Å². The van der Waals surface area contributed by atoms with Gasteiger partial charge < -0.3 is 5.32 Å². The summed E-state index contributed by atoms with van der Waals surface area (Å²) in [5, 5.41) is 10.7. The predicted molar refractivity (Wildman–Crippen MR) is 33.0 cm³/mol. The normalized spacial score (nSPS) is 8.56. The molecule has 9 heavy (non-hydrogen) atoms. The van der Waals surface area contributed by atoms with Gasteiger partial charge in [-0.2, -0.15) is 0 Å². The Morgan fingerprint density at radius 3 is 2.89 bits per heavy atom. The number of hydrogen-bond acceptors (Lipinski definition) is 3. The number of rotatable bonds is 4. The molecular formula is C5H10N2O2. The zero-order valence-electron chi connectivity index (χ0n) is 5.05. The van der Waals surface area contributed by atoms with Gasteiger partial charge in [0.05, 0.1) is 6.54 Å². The van der Waals surface area contributed by atoms with Gasteiger partial charge in [0, 0.05) is 6.54 Å². The molecule has 1 amide bonds. The van der Waals surface area contributed by atoms with Crippen molar-refractivity contribution in [1.82, 2.24) is 10.8 Å². The monoisotopic (exact) mass is 130 g/mol. The Balaban J connectivity index is 3.06. The van der Waals surface area contributed by atoms with Crippen LogP contribution >= 0.6 is 0 Å². The van der Waals surface area contributed by atoms with Crippen LogP contribution in [0.25, 0.3) is 0 Å². The second kappa shape index (κ2) is 5.27. The maximum Gasteiger partial charge on any atom is 0.257 e. The van der Waals surface area contributed by atoms with Crippen LogP contribution < -0.4 is 10.8 Å². The average molecular weight is 130 g/mol. The SMILES string of the molecule is C=CCNCC(=O)NO. The van der Waals surface area contributed by atoms with Gasteiger partial charge in [-0.15, -0.1) is 6.58 Å². The molecule has 52 valence electrons. The Bertz CT molecular complexity index is 103. The molecule has 0 radical (unpaired) electrons. The van der Waals surface area contributed by atoms with Gasteiger partial charge in [-0.05, 0) is 0 Å². The van der Waals surface area contributed by atoms with Crippen LogP contribution in [0.5, 0.6) is 0 Å². The van der Waals surface area contributed by atoms with Crippen molar-refractivity contribution < 1.29 is 10.0 Å². The van der Waals surface area contributed by atoms with E-state index >= 15 is 0 Å². The largest absolute Gasteiger partial charge is 0.305 e. The molecule has 0 aliphatic heterocycles. The molecule has 0 atom stereocenters. The van der Waals surface area contributed by atoms with Crippen LogP contribution in [-0.4, -0.2) is 24.2 Å². The Kier molecular flexibility index (Phi) is 4.76. The van der Waals surface area contributed by atoms with Gasteiger partial charge in [0.1, 0.15) is 0 Å². The van der Waals surface area contributed by atoms with E-state index in [9.17, 15) is 4.79 Å². The molecule has 0 aliphatic carbocycles. The standard InChI is InChI=1S/C5H10N2O2/c1-2-3-6-4-5(8)7-9/h2,6,9H,1,3-4H2,(H,7,8). The predicted octanol–water partition coefficient (Wildman–Crippen LogP) is -0.733. The van der Waals surface area contributed by atoms with Crippen LogP contribution in [0.4, 0.5) is 0 Å². The number of hydrogen-bond donors (Lipinski definition) is 3. The lowest BCUT2D eigenvalue weighted by molar-refractivity contribution is -0.128. The Morgan fingerprint density at radius 1 is 1.78 bits per heavy atom. The fourth-order valence-electron chi connectivity index (χ4n) is 0.327. The van der Waals surface area contributed by atoms with Crippen LogP contribution in [0.1, 0.15) is 0 Å². The van der Waals surface area contributed by atoms with Crippen LogP contribution in [0.15, 0.2) is 12.7 Å². The van der Waals surface area contributed by atoms with E-state index in [0.29, 0.717) is 6.54 Å². The second-order valence-electron chi connectivity index (χ2n) is 1.45. The summed E-state index contributed by atoms with van der Waals surface area (Å²) in [7, 11) is 0. The van der Waals surface area contributed by atoms with Crippen molar-refractivity contribution in [2.45, 2.75) is 0 Å². The molecule has 0 aromatic rings. The fraction of sp³-hybridized carbons (Fsp3) is 0.400. The maximum atomic E-state index is 10.2. The summed E-state index contributed by atoms with van der Waals surface area (Å²) in [6, 6.07) is 0. The first-order valence-corrected chi connectivity index (χ1v) is 2.55. The molecule has 4 heteroatoms. The van der Waals surface area contributed by atoms with E-state index in [0.717, 1.165) is 0 Å². The van der Waals surface area contributed by atoms with Crippen LogP contribution in [0, 0.1) is 0 Å². The van der Waals surface area contributed by atoms with Crippen molar-refractivity contribution in [2.24, 2.45) is 0 Å². The van der Waals surface area contributed by atoms with Crippen molar-refractivity contribution in [1.29, 1.82) is 0 Å².